The molecule has 0 spiro atoms. The first-order valence-corrected chi connectivity index (χ1v) is 9.75. The molecular formula is C17H26N2O3S. The monoisotopic (exact) mass is 338 g/mol. The first-order valence-electron chi connectivity index (χ1n) is 7.86. The van der Waals surface area contributed by atoms with Gasteiger partial charge in [0.2, 0.25) is 15.9 Å². The molecule has 23 heavy (non-hydrogen) atoms. The Balaban J connectivity index is 2.48. The molecule has 0 saturated carbocycles. The first kappa shape index (κ1) is 19.2. The molecule has 6 heteroatoms. The molecule has 0 heterocycles. The SMILES string of the molecule is CCCCCC(C)NC(=O)/C=C/c1ccc(NS(C)(=O)=O)cc1. The van der Waals surface area contributed by atoms with Crippen molar-refractivity contribution >= 4 is 27.7 Å². The van der Waals surface area contributed by atoms with E-state index in [-0.39, 0.29) is 11.9 Å². The van der Waals surface area contributed by atoms with Gasteiger partial charge in [-0.1, -0.05) is 38.3 Å². The molecule has 0 saturated heterocycles. The summed E-state index contributed by atoms with van der Waals surface area (Å²) in [5.41, 5.74) is 1.33. The largest absolute Gasteiger partial charge is 0.350 e. The molecule has 1 rings (SSSR count). The summed E-state index contributed by atoms with van der Waals surface area (Å²) < 4.78 is 24.6. The number of nitrogens with one attached hydrogen (secondary N) is 2. The minimum atomic E-state index is -3.27. The Morgan fingerprint density at radius 1 is 1.22 bits per heavy atom. The van der Waals surface area contributed by atoms with Gasteiger partial charge in [-0.2, -0.15) is 0 Å². The van der Waals surface area contributed by atoms with E-state index >= 15 is 0 Å². The molecule has 0 aliphatic heterocycles. The smallest absolute Gasteiger partial charge is 0.244 e. The standard InChI is InChI=1S/C17H26N2O3S/c1-4-5-6-7-14(2)18-17(20)13-10-15-8-11-16(12-9-15)19-23(3,21)22/h8-14,19H,4-7H2,1-3H3,(H,18,20)/b13-10+. The molecule has 2 N–H and O–H groups in total. The second-order valence-electron chi connectivity index (χ2n) is 5.73. The average molecular weight is 338 g/mol. The van der Waals surface area contributed by atoms with E-state index in [0.29, 0.717) is 5.69 Å². The number of carbonyl (C=O) groups is 1. The molecule has 5 nitrogen and oxygen atoms in total. The van der Waals surface area contributed by atoms with Gasteiger partial charge in [-0.05, 0) is 37.1 Å². The fraction of sp³-hybridized carbons (Fsp3) is 0.471. The number of hydrogen-bond donors (Lipinski definition) is 2. The van der Waals surface area contributed by atoms with Gasteiger partial charge in [0.05, 0.1) is 6.26 Å². The fourth-order valence-corrected chi connectivity index (χ4v) is 2.68. The van der Waals surface area contributed by atoms with E-state index in [1.807, 2.05) is 6.92 Å². The molecule has 1 aromatic rings. The highest BCUT2D eigenvalue weighted by Crippen LogP contribution is 2.12. The molecule has 1 atom stereocenters. The van der Waals surface area contributed by atoms with E-state index in [2.05, 4.69) is 17.0 Å². The van der Waals surface area contributed by atoms with Gasteiger partial charge in [0, 0.05) is 17.8 Å². The third-order valence-electron chi connectivity index (χ3n) is 3.27. The number of sulfonamides is 1. The van der Waals surface area contributed by atoms with Crippen molar-refractivity contribution in [3.05, 3.63) is 35.9 Å². The van der Waals surface area contributed by atoms with E-state index in [9.17, 15) is 13.2 Å². The van der Waals surface area contributed by atoms with Crippen LogP contribution >= 0.6 is 0 Å². The van der Waals surface area contributed by atoms with Crippen LogP contribution < -0.4 is 10.0 Å². The van der Waals surface area contributed by atoms with Crippen molar-refractivity contribution in [1.29, 1.82) is 0 Å². The minimum Gasteiger partial charge on any atom is -0.350 e. The van der Waals surface area contributed by atoms with E-state index in [4.69, 9.17) is 0 Å². The Hall–Kier alpha value is -1.82. The van der Waals surface area contributed by atoms with Crippen molar-refractivity contribution in [2.24, 2.45) is 0 Å². The van der Waals surface area contributed by atoms with Crippen LogP contribution in [0.4, 0.5) is 5.69 Å². The maximum Gasteiger partial charge on any atom is 0.244 e. The third-order valence-corrected chi connectivity index (χ3v) is 3.88. The first-order chi connectivity index (χ1) is 10.8. The van der Waals surface area contributed by atoms with Crippen LogP contribution in [0, 0.1) is 0 Å². The number of anilines is 1. The number of rotatable bonds is 9. The second-order valence-corrected chi connectivity index (χ2v) is 7.48. The predicted molar refractivity (Wildman–Crippen MR) is 95.7 cm³/mol. The molecular weight excluding hydrogens is 312 g/mol. The molecule has 0 aliphatic rings. The van der Waals surface area contributed by atoms with Gasteiger partial charge in [0.15, 0.2) is 0 Å². The zero-order chi connectivity index (χ0) is 17.3. The second kappa shape index (κ2) is 9.35. The quantitative estimate of drug-likeness (QED) is 0.536. The van der Waals surface area contributed by atoms with Crippen LogP contribution in [-0.4, -0.2) is 26.6 Å². The summed E-state index contributed by atoms with van der Waals surface area (Å²) in [5, 5.41) is 2.93. The summed E-state index contributed by atoms with van der Waals surface area (Å²) in [7, 11) is -3.27. The van der Waals surface area contributed by atoms with Crippen LogP contribution in [0.2, 0.25) is 0 Å². The maximum atomic E-state index is 11.8. The third kappa shape index (κ3) is 9.03. The highest BCUT2D eigenvalue weighted by molar-refractivity contribution is 7.92. The van der Waals surface area contributed by atoms with Crippen molar-refractivity contribution in [3.63, 3.8) is 0 Å². The van der Waals surface area contributed by atoms with E-state index in [1.165, 1.54) is 18.9 Å². The number of unbranched alkanes of at least 4 members (excludes halogenated alkanes) is 2. The number of benzene rings is 1. The van der Waals surface area contributed by atoms with Crippen LogP contribution in [0.5, 0.6) is 0 Å². The maximum absolute atomic E-state index is 11.8. The molecule has 0 aliphatic carbocycles. The molecule has 0 aromatic heterocycles. The van der Waals surface area contributed by atoms with E-state index in [1.54, 1.807) is 30.3 Å². The van der Waals surface area contributed by atoms with Gasteiger partial charge in [-0.25, -0.2) is 8.42 Å². The lowest BCUT2D eigenvalue weighted by Gasteiger charge is -2.11. The Morgan fingerprint density at radius 2 is 1.87 bits per heavy atom. The summed E-state index contributed by atoms with van der Waals surface area (Å²) in [6.07, 6.45) is 8.77. The van der Waals surface area contributed by atoms with Crippen molar-refractivity contribution in [3.8, 4) is 0 Å². The zero-order valence-corrected chi connectivity index (χ0v) is 14.8. The minimum absolute atomic E-state index is 0.118. The summed E-state index contributed by atoms with van der Waals surface area (Å²) >= 11 is 0. The van der Waals surface area contributed by atoms with Crippen LogP contribution in [0.1, 0.15) is 45.1 Å². The van der Waals surface area contributed by atoms with Crippen molar-refractivity contribution in [1.82, 2.24) is 5.32 Å². The lowest BCUT2D eigenvalue weighted by molar-refractivity contribution is -0.117. The average Bonchev–Trinajstić information content (AvgIpc) is 2.45. The zero-order valence-electron chi connectivity index (χ0n) is 14.0. The summed E-state index contributed by atoms with van der Waals surface area (Å²) in [5.74, 6) is -0.118. The molecule has 0 radical (unpaired) electrons. The number of carbonyl (C=O) groups excluding carboxylic acids is 1. The summed E-state index contributed by atoms with van der Waals surface area (Å²) in [6, 6.07) is 6.99. The van der Waals surface area contributed by atoms with Crippen molar-refractivity contribution < 1.29 is 13.2 Å². The van der Waals surface area contributed by atoms with Gasteiger partial charge in [0.25, 0.3) is 0 Å². The van der Waals surface area contributed by atoms with Gasteiger partial charge in [-0.3, -0.25) is 9.52 Å². The number of hydrogen-bond acceptors (Lipinski definition) is 3. The van der Waals surface area contributed by atoms with Gasteiger partial charge in [0.1, 0.15) is 0 Å². The highest BCUT2D eigenvalue weighted by atomic mass is 32.2. The Bertz CT molecular complexity index is 622. The van der Waals surface area contributed by atoms with Gasteiger partial charge >= 0.3 is 0 Å². The summed E-state index contributed by atoms with van der Waals surface area (Å²) in [6.45, 7) is 4.16. The normalized spacial score (nSPS) is 13.0. The topological polar surface area (TPSA) is 75.3 Å². The van der Waals surface area contributed by atoms with Gasteiger partial charge in [-0.15, -0.1) is 0 Å². The Morgan fingerprint density at radius 3 is 2.43 bits per heavy atom. The highest BCUT2D eigenvalue weighted by Gasteiger charge is 2.04. The summed E-state index contributed by atoms with van der Waals surface area (Å²) in [4.78, 5) is 11.8. The lowest BCUT2D eigenvalue weighted by atomic mass is 10.1. The van der Waals surface area contributed by atoms with Crippen LogP contribution in [0.3, 0.4) is 0 Å². The number of amides is 1. The van der Waals surface area contributed by atoms with E-state index < -0.39 is 10.0 Å². The van der Waals surface area contributed by atoms with Crippen molar-refractivity contribution in [2.45, 2.75) is 45.6 Å². The molecule has 0 bridgehead atoms. The fourth-order valence-electron chi connectivity index (χ4n) is 2.11. The van der Waals surface area contributed by atoms with E-state index in [0.717, 1.165) is 24.7 Å². The Kier molecular flexibility index (Phi) is 7.81. The molecule has 128 valence electrons. The molecule has 1 aromatic carbocycles. The van der Waals surface area contributed by atoms with Crippen LogP contribution in [-0.2, 0) is 14.8 Å². The molecule has 0 fully saturated rings. The van der Waals surface area contributed by atoms with Gasteiger partial charge < -0.3 is 5.32 Å². The van der Waals surface area contributed by atoms with Crippen LogP contribution in [0.15, 0.2) is 30.3 Å². The lowest BCUT2D eigenvalue weighted by Crippen LogP contribution is -2.30. The van der Waals surface area contributed by atoms with Crippen molar-refractivity contribution in [2.75, 3.05) is 11.0 Å². The molecule has 1 amide bonds. The Labute approximate surface area is 139 Å². The predicted octanol–water partition coefficient (Wildman–Crippen LogP) is 3.16. The molecule has 1 unspecified atom stereocenters. The van der Waals surface area contributed by atoms with Crippen LogP contribution in [0.25, 0.3) is 6.08 Å².